The molecule has 0 aromatic carbocycles. The number of hydrogen-bond acceptors (Lipinski definition) is 5. The van der Waals surface area contributed by atoms with Crippen LogP contribution in [0.3, 0.4) is 0 Å². The lowest BCUT2D eigenvalue weighted by atomic mass is 10.0. The van der Waals surface area contributed by atoms with E-state index in [1.807, 2.05) is 0 Å². The number of rotatable bonds is 5. The van der Waals surface area contributed by atoms with E-state index in [1.165, 1.54) is 10.9 Å². The first-order chi connectivity index (χ1) is 7.82. The van der Waals surface area contributed by atoms with Gasteiger partial charge in [-0.25, -0.2) is 0 Å². The Morgan fingerprint density at radius 1 is 1.65 bits per heavy atom. The van der Waals surface area contributed by atoms with Crippen molar-refractivity contribution in [1.82, 2.24) is 9.78 Å². The summed E-state index contributed by atoms with van der Waals surface area (Å²) in [5.41, 5.74) is 5.03. The minimum absolute atomic E-state index is 0.0509. The van der Waals surface area contributed by atoms with Crippen LogP contribution in [-0.4, -0.2) is 26.7 Å². The summed E-state index contributed by atoms with van der Waals surface area (Å²) in [5.74, 6) is -0.607. The molecule has 0 aliphatic carbocycles. The van der Waals surface area contributed by atoms with Gasteiger partial charge >= 0.3 is 5.69 Å². The molecule has 1 atom stereocenters. The summed E-state index contributed by atoms with van der Waals surface area (Å²) in [6.45, 7) is 3.58. The van der Waals surface area contributed by atoms with Gasteiger partial charge in [0, 0.05) is 7.05 Å². The van der Waals surface area contributed by atoms with Crippen molar-refractivity contribution in [2.75, 3.05) is 5.32 Å². The summed E-state index contributed by atoms with van der Waals surface area (Å²) >= 11 is 0. The fraction of sp³-hybridized carbons (Fsp3) is 0.556. The zero-order valence-corrected chi connectivity index (χ0v) is 9.88. The number of amides is 1. The van der Waals surface area contributed by atoms with Crippen LogP contribution in [0.1, 0.15) is 13.8 Å². The van der Waals surface area contributed by atoms with Gasteiger partial charge in [0.2, 0.25) is 11.7 Å². The van der Waals surface area contributed by atoms with E-state index in [0.29, 0.717) is 0 Å². The number of aromatic nitrogens is 2. The highest BCUT2D eigenvalue weighted by atomic mass is 16.6. The first-order valence-electron chi connectivity index (χ1n) is 5.06. The van der Waals surface area contributed by atoms with E-state index in [2.05, 4.69) is 10.4 Å². The maximum atomic E-state index is 11.2. The monoisotopic (exact) mass is 241 g/mol. The SMILES string of the molecule is CC(C)C(Nc1nn(C)cc1[N+](=O)[O-])C(N)=O. The Balaban J connectivity index is 3.00. The number of carbonyl (C=O) groups excluding carboxylic acids is 1. The number of nitrogens with zero attached hydrogens (tertiary/aromatic N) is 3. The van der Waals surface area contributed by atoms with Crippen molar-refractivity contribution >= 4 is 17.4 Å². The molecular formula is C9H15N5O3. The zero-order valence-electron chi connectivity index (χ0n) is 9.88. The van der Waals surface area contributed by atoms with Gasteiger partial charge in [-0.1, -0.05) is 13.8 Å². The number of nitrogens with one attached hydrogen (secondary N) is 1. The molecule has 1 heterocycles. The first-order valence-corrected chi connectivity index (χ1v) is 5.06. The Bertz CT molecular complexity index is 440. The van der Waals surface area contributed by atoms with Gasteiger partial charge < -0.3 is 11.1 Å². The second-order valence-corrected chi connectivity index (χ2v) is 4.06. The van der Waals surface area contributed by atoms with Crippen LogP contribution in [0.25, 0.3) is 0 Å². The molecule has 0 aliphatic rings. The molecule has 0 saturated carbocycles. The van der Waals surface area contributed by atoms with Crippen molar-refractivity contribution in [3.63, 3.8) is 0 Å². The Kier molecular flexibility index (Phi) is 3.66. The van der Waals surface area contributed by atoms with Crippen LogP contribution in [0, 0.1) is 16.0 Å². The van der Waals surface area contributed by atoms with Crippen LogP contribution in [-0.2, 0) is 11.8 Å². The number of anilines is 1. The van der Waals surface area contributed by atoms with E-state index in [-0.39, 0.29) is 17.4 Å². The quantitative estimate of drug-likeness (QED) is 0.566. The van der Waals surface area contributed by atoms with Gasteiger partial charge in [-0.3, -0.25) is 19.6 Å². The maximum Gasteiger partial charge on any atom is 0.330 e. The largest absolute Gasteiger partial charge is 0.368 e. The highest BCUT2D eigenvalue weighted by molar-refractivity contribution is 5.83. The average molecular weight is 241 g/mol. The van der Waals surface area contributed by atoms with Crippen molar-refractivity contribution in [1.29, 1.82) is 0 Å². The van der Waals surface area contributed by atoms with Crippen LogP contribution in [0.4, 0.5) is 11.5 Å². The molecule has 1 aromatic heterocycles. The van der Waals surface area contributed by atoms with E-state index in [9.17, 15) is 14.9 Å². The summed E-state index contributed by atoms with van der Waals surface area (Å²) in [4.78, 5) is 21.4. The van der Waals surface area contributed by atoms with E-state index >= 15 is 0 Å². The van der Waals surface area contributed by atoms with Crippen molar-refractivity contribution in [3.8, 4) is 0 Å². The van der Waals surface area contributed by atoms with Crippen molar-refractivity contribution in [2.24, 2.45) is 18.7 Å². The summed E-state index contributed by atoms with van der Waals surface area (Å²) in [5, 5.41) is 17.3. The molecule has 3 N–H and O–H groups in total. The fourth-order valence-electron chi connectivity index (χ4n) is 1.43. The molecule has 94 valence electrons. The molecule has 1 aromatic rings. The van der Waals surface area contributed by atoms with Gasteiger partial charge in [-0.2, -0.15) is 0 Å². The normalized spacial score (nSPS) is 12.5. The second kappa shape index (κ2) is 4.81. The predicted octanol–water partition coefficient (Wildman–Crippen LogP) is 0.250. The van der Waals surface area contributed by atoms with Gasteiger partial charge in [0.1, 0.15) is 12.2 Å². The van der Waals surface area contributed by atoms with E-state index in [1.54, 1.807) is 20.9 Å². The number of aryl methyl sites for hydroxylation is 1. The number of primary amides is 1. The van der Waals surface area contributed by atoms with Gasteiger partial charge in [0.05, 0.1) is 4.92 Å². The van der Waals surface area contributed by atoms with Crippen LogP contribution >= 0.6 is 0 Å². The Hall–Kier alpha value is -2.12. The minimum atomic E-state index is -0.691. The highest BCUT2D eigenvalue weighted by Crippen LogP contribution is 2.23. The molecule has 8 nitrogen and oxygen atoms in total. The molecule has 0 saturated heterocycles. The molecule has 0 spiro atoms. The molecule has 1 unspecified atom stereocenters. The van der Waals surface area contributed by atoms with Crippen LogP contribution in [0.15, 0.2) is 6.20 Å². The van der Waals surface area contributed by atoms with Crippen molar-refractivity contribution in [2.45, 2.75) is 19.9 Å². The highest BCUT2D eigenvalue weighted by Gasteiger charge is 2.25. The first kappa shape index (κ1) is 12.9. The Morgan fingerprint density at radius 3 is 2.65 bits per heavy atom. The average Bonchev–Trinajstić information content (AvgIpc) is 2.55. The lowest BCUT2D eigenvalue weighted by Crippen LogP contribution is -2.39. The smallest absolute Gasteiger partial charge is 0.330 e. The Labute approximate surface area is 97.9 Å². The lowest BCUT2D eigenvalue weighted by molar-refractivity contribution is -0.384. The minimum Gasteiger partial charge on any atom is -0.368 e. The van der Waals surface area contributed by atoms with E-state index in [4.69, 9.17) is 5.73 Å². The zero-order chi connectivity index (χ0) is 13.2. The molecular weight excluding hydrogens is 226 g/mol. The Morgan fingerprint density at radius 2 is 2.24 bits per heavy atom. The number of hydrogen-bond donors (Lipinski definition) is 2. The third kappa shape index (κ3) is 2.92. The van der Waals surface area contributed by atoms with Crippen LogP contribution in [0.2, 0.25) is 0 Å². The molecule has 8 heteroatoms. The molecule has 1 rings (SSSR count). The number of nitrogens with two attached hydrogens (primary N) is 1. The lowest BCUT2D eigenvalue weighted by Gasteiger charge is -2.17. The fourth-order valence-corrected chi connectivity index (χ4v) is 1.43. The van der Waals surface area contributed by atoms with Crippen LogP contribution < -0.4 is 11.1 Å². The standard InChI is InChI=1S/C9H15N5O3/c1-5(2)7(8(10)15)11-9-6(14(16)17)4-13(3)12-9/h4-5,7H,1-3H3,(H2,10,15)(H,11,12). The van der Waals surface area contributed by atoms with Crippen LogP contribution in [0.5, 0.6) is 0 Å². The molecule has 1 amide bonds. The van der Waals surface area contributed by atoms with Crippen molar-refractivity contribution < 1.29 is 9.72 Å². The summed E-state index contributed by atoms with van der Waals surface area (Å²) in [6, 6.07) is -0.691. The van der Waals surface area contributed by atoms with Gasteiger partial charge in [0.15, 0.2) is 0 Å². The number of nitro groups is 1. The predicted molar refractivity (Wildman–Crippen MR) is 61.3 cm³/mol. The summed E-state index contributed by atoms with van der Waals surface area (Å²) < 4.78 is 1.30. The second-order valence-electron chi connectivity index (χ2n) is 4.06. The van der Waals surface area contributed by atoms with E-state index < -0.39 is 16.9 Å². The molecule has 0 aliphatic heterocycles. The molecule has 0 radical (unpaired) electrons. The van der Waals surface area contributed by atoms with E-state index in [0.717, 1.165) is 0 Å². The molecule has 0 bridgehead atoms. The summed E-state index contributed by atoms with van der Waals surface area (Å²) in [7, 11) is 1.56. The van der Waals surface area contributed by atoms with Crippen molar-refractivity contribution in [3.05, 3.63) is 16.3 Å². The number of carbonyl (C=O) groups is 1. The van der Waals surface area contributed by atoms with Gasteiger partial charge in [0.25, 0.3) is 0 Å². The summed E-state index contributed by atoms with van der Waals surface area (Å²) in [6.07, 6.45) is 1.26. The molecule has 0 fully saturated rings. The maximum absolute atomic E-state index is 11.2. The third-order valence-electron chi connectivity index (χ3n) is 2.27. The third-order valence-corrected chi connectivity index (χ3v) is 2.27. The topological polar surface area (TPSA) is 116 Å². The van der Waals surface area contributed by atoms with Gasteiger partial charge in [-0.15, -0.1) is 5.10 Å². The molecule has 17 heavy (non-hydrogen) atoms. The van der Waals surface area contributed by atoms with Gasteiger partial charge in [-0.05, 0) is 5.92 Å².